The van der Waals surface area contributed by atoms with Crippen molar-refractivity contribution in [2.75, 3.05) is 14.7 Å². The summed E-state index contributed by atoms with van der Waals surface area (Å²) in [5.74, 6) is 0.518. The van der Waals surface area contributed by atoms with Crippen LogP contribution in [0.3, 0.4) is 0 Å². The molecule has 0 bridgehead atoms. The number of fused-ring (bicyclic) bond motifs is 13. The third-order valence-corrected chi connectivity index (χ3v) is 21.0. The summed E-state index contributed by atoms with van der Waals surface area (Å²) in [6.45, 7) is 26.5. The van der Waals surface area contributed by atoms with Crippen LogP contribution in [0.4, 0.5) is 39.8 Å². The summed E-state index contributed by atoms with van der Waals surface area (Å²) in [7, 11) is 0. The summed E-state index contributed by atoms with van der Waals surface area (Å²) in [4.78, 5) is 11.6. The van der Waals surface area contributed by atoms with E-state index in [1.165, 1.54) is 44.5 Å². The molecule has 14 aromatic rings. The fraction of sp³-hybridized carbons (Fsp3) is 0.188. The number of hydrogen-bond acceptors (Lipinski definition) is 5. The second kappa shape index (κ2) is 24.9. The van der Waals surface area contributed by atoms with Crippen molar-refractivity contribution in [3.8, 4) is 61.8 Å². The van der Waals surface area contributed by atoms with Crippen molar-refractivity contribution in [3.05, 3.63) is 336 Å². The van der Waals surface area contributed by atoms with E-state index >= 15 is 0 Å². The number of aromatic nitrogens is 2. The van der Waals surface area contributed by atoms with Gasteiger partial charge in [0, 0.05) is 89.2 Å². The summed E-state index contributed by atoms with van der Waals surface area (Å²) in [5, 5.41) is 1.71. The Bertz CT molecular complexity index is 5930. The molecule has 103 heavy (non-hydrogen) atoms. The van der Waals surface area contributed by atoms with Crippen LogP contribution in [0.1, 0.15) is 141 Å². The van der Waals surface area contributed by atoms with Crippen molar-refractivity contribution in [3.63, 3.8) is 0 Å². The zero-order chi connectivity index (χ0) is 75.5. The SMILES string of the molecule is [2H]c1c(Oc2[c-]c3c(cc2)c2ccccc2n3-c2cc(C([2H])([2H])[2H])c(-c3cccc(C(C)(C)C)c3)cn2)[c-]c(N2[CH-]N(c3c(-c4cc(C(C)(C)C)cc(C(C)(C)C)c4)cc(C(C)(C)C)cc3-c3ccc4c(c3)C3(c5ccccc5-4)c4ccccc4N(c4ccccc4)c4ccccc43)c3ccccc32)c([2H])c1[2H].[Pt]. The number of ether oxygens (including phenoxy) is 1. The van der Waals surface area contributed by atoms with Crippen molar-refractivity contribution in [2.45, 2.75) is 117 Å². The third-order valence-electron chi connectivity index (χ3n) is 21.0. The molecule has 4 heterocycles. The van der Waals surface area contributed by atoms with E-state index in [0.29, 0.717) is 16.9 Å². The Kier molecular flexibility index (Phi) is 14.5. The van der Waals surface area contributed by atoms with Crippen LogP contribution < -0.4 is 19.4 Å². The van der Waals surface area contributed by atoms with Crippen molar-refractivity contribution in [2.24, 2.45) is 0 Å². The van der Waals surface area contributed by atoms with E-state index in [4.69, 9.17) is 13.8 Å². The topological polar surface area (TPSA) is 36.8 Å². The van der Waals surface area contributed by atoms with E-state index in [-0.39, 0.29) is 83.6 Å². The number of anilines is 7. The molecule has 6 nitrogen and oxygen atoms in total. The van der Waals surface area contributed by atoms with Crippen LogP contribution in [0, 0.1) is 25.7 Å². The molecule has 3 aliphatic rings. The fourth-order valence-corrected chi connectivity index (χ4v) is 15.7. The average Bonchev–Trinajstić information content (AvgIpc) is 1.57. The Morgan fingerprint density at radius 2 is 1.01 bits per heavy atom. The maximum atomic E-state index is 9.92. The molecule has 2 aromatic heterocycles. The molecule has 512 valence electrons. The van der Waals surface area contributed by atoms with Gasteiger partial charge in [-0.25, -0.2) is 4.98 Å². The van der Waals surface area contributed by atoms with Crippen LogP contribution in [0.5, 0.6) is 11.5 Å². The van der Waals surface area contributed by atoms with Gasteiger partial charge in [0.05, 0.1) is 16.8 Å². The van der Waals surface area contributed by atoms with E-state index in [1.54, 1.807) is 18.3 Å². The van der Waals surface area contributed by atoms with Gasteiger partial charge in [-0.3, -0.25) is 0 Å². The molecule has 7 heteroatoms. The third kappa shape index (κ3) is 11.2. The molecule has 17 rings (SSSR count). The zero-order valence-electron chi connectivity index (χ0n) is 66.2. The molecule has 0 saturated heterocycles. The molecular formula is C96H84N5OPt-3. The minimum absolute atomic E-state index is 0. The van der Waals surface area contributed by atoms with Gasteiger partial charge >= 0.3 is 0 Å². The van der Waals surface area contributed by atoms with Gasteiger partial charge in [0.1, 0.15) is 5.82 Å². The number of rotatable bonds is 9. The number of para-hydroxylation sites is 6. The smallest absolute Gasteiger partial charge is 0.135 e. The van der Waals surface area contributed by atoms with E-state index in [9.17, 15) is 4.11 Å². The molecule has 0 fully saturated rings. The predicted octanol–water partition coefficient (Wildman–Crippen LogP) is 25.6. The molecule has 1 aliphatic carbocycles. The van der Waals surface area contributed by atoms with E-state index < -0.39 is 12.3 Å². The largest absolute Gasteiger partial charge is 0.509 e. The Labute approximate surface area is 630 Å². The van der Waals surface area contributed by atoms with Crippen molar-refractivity contribution in [1.82, 2.24) is 9.55 Å². The molecule has 0 unspecified atom stereocenters. The van der Waals surface area contributed by atoms with E-state index in [0.717, 1.165) is 89.4 Å². The van der Waals surface area contributed by atoms with Crippen molar-refractivity contribution >= 4 is 61.6 Å². The Morgan fingerprint density at radius 3 is 1.69 bits per heavy atom. The molecule has 0 atom stereocenters. The summed E-state index contributed by atoms with van der Waals surface area (Å²) < 4.78 is 64.5. The number of nitrogens with zero attached hydrogens (tertiary/aromatic N) is 5. The molecule has 0 saturated carbocycles. The zero-order valence-corrected chi connectivity index (χ0v) is 62.5. The van der Waals surface area contributed by atoms with Crippen molar-refractivity contribution < 1.29 is 34.0 Å². The molecule has 1 spiro atoms. The first-order valence-corrected chi connectivity index (χ1v) is 35.4. The van der Waals surface area contributed by atoms with Gasteiger partial charge in [-0.2, -0.15) is 12.1 Å². The van der Waals surface area contributed by atoms with Crippen LogP contribution in [-0.2, 0) is 48.1 Å². The molecular weight excluding hydrogens is 1430 g/mol. The van der Waals surface area contributed by atoms with Crippen LogP contribution >= 0.6 is 0 Å². The Morgan fingerprint density at radius 1 is 0.437 bits per heavy atom. The van der Waals surface area contributed by atoms with E-state index in [2.05, 4.69) is 269 Å². The number of benzene rings is 12. The number of pyridine rings is 1. The minimum Gasteiger partial charge on any atom is -0.509 e. The quantitative estimate of drug-likeness (QED) is 0.135. The first-order chi connectivity index (χ1) is 51.5. The first kappa shape index (κ1) is 60.1. The minimum atomic E-state index is -2.50. The van der Waals surface area contributed by atoms with Gasteiger partial charge in [-0.05, 0) is 181 Å². The second-order valence-electron chi connectivity index (χ2n) is 31.7. The maximum Gasteiger partial charge on any atom is 0.135 e. The summed E-state index contributed by atoms with van der Waals surface area (Å²) in [6, 6.07) is 92.1. The molecule has 0 amide bonds. The molecule has 0 N–H and O–H groups in total. The maximum absolute atomic E-state index is 9.92. The van der Waals surface area contributed by atoms with Gasteiger partial charge in [-0.1, -0.05) is 252 Å². The van der Waals surface area contributed by atoms with Crippen LogP contribution in [0.25, 0.3) is 72.1 Å². The summed E-state index contributed by atoms with van der Waals surface area (Å²) in [6.07, 6.45) is 1.65. The normalized spacial score (nSPS) is 14.7. The number of hydrogen-bond donors (Lipinski definition) is 0. The van der Waals surface area contributed by atoms with Crippen LogP contribution in [-0.4, -0.2) is 9.55 Å². The van der Waals surface area contributed by atoms with E-state index in [1.807, 2.05) is 82.9 Å². The Balaban J connectivity index is 0.00000904. The van der Waals surface area contributed by atoms with Gasteiger partial charge in [0.15, 0.2) is 0 Å². The Hall–Kier alpha value is -10.5. The van der Waals surface area contributed by atoms with Crippen molar-refractivity contribution in [1.29, 1.82) is 0 Å². The van der Waals surface area contributed by atoms with Gasteiger partial charge in [-0.15, -0.1) is 48.0 Å². The summed E-state index contributed by atoms with van der Waals surface area (Å²) >= 11 is 0. The standard InChI is InChI=1S/C96H84N5O.Pt/c1-61-49-90(97-59-79(61)62-29-27-30-65(50-62)92(2,3)4)101-84-40-22-18-36-75(84)76-48-46-72(58-89(76)101)102-71-34-28-33-70(57-71)98-60-99(88-44-26-25-43-87(88)98)91-77(55-68(95(11,12)13)56-78(91)64-51-66(93(5,6)7)54-67(52-64)94(8,9)10)63-45-47-74-73-35-17-19-37-80(73)96(83(74)53-63)81-38-20-23-41-85(81)100(69-31-15-14-16-32-69)86-42-24-21-39-82(86)96;/h14-56,59-60H,1-13H3;/q-3;/i1D3,28D,33D,34D;. The monoisotopic (exact) mass is 1520 g/mol. The van der Waals surface area contributed by atoms with Crippen LogP contribution in [0.2, 0.25) is 0 Å². The van der Waals surface area contributed by atoms with Gasteiger partial charge in [0.25, 0.3) is 0 Å². The van der Waals surface area contributed by atoms with Gasteiger partial charge in [0.2, 0.25) is 0 Å². The molecule has 2 aliphatic heterocycles. The van der Waals surface area contributed by atoms with Gasteiger partial charge < -0.3 is 24.0 Å². The summed E-state index contributed by atoms with van der Waals surface area (Å²) in [5.41, 5.74) is 23.0. The first-order valence-electron chi connectivity index (χ1n) is 38.4. The second-order valence-corrected chi connectivity index (χ2v) is 31.7. The average molecular weight is 1520 g/mol. The molecule has 12 aromatic carbocycles. The molecule has 0 radical (unpaired) electrons. The fourth-order valence-electron chi connectivity index (χ4n) is 15.7. The predicted molar refractivity (Wildman–Crippen MR) is 426 cm³/mol. The van der Waals surface area contributed by atoms with Crippen LogP contribution in [0.15, 0.2) is 267 Å². The number of aryl methyl sites for hydroxylation is 1.